The molecule has 2 aromatic carbocycles. The second kappa shape index (κ2) is 6.29. The summed E-state index contributed by atoms with van der Waals surface area (Å²) in [6.45, 7) is 2.76. The highest BCUT2D eigenvalue weighted by Crippen LogP contribution is 2.23. The van der Waals surface area contributed by atoms with Crippen LogP contribution in [0.5, 0.6) is 0 Å². The normalized spacial score (nSPS) is 15.5. The van der Waals surface area contributed by atoms with Gasteiger partial charge in [-0.25, -0.2) is 0 Å². The Morgan fingerprint density at radius 3 is 2.65 bits per heavy atom. The van der Waals surface area contributed by atoms with E-state index < -0.39 is 0 Å². The Bertz CT molecular complexity index is 608. The lowest BCUT2D eigenvalue weighted by Gasteiger charge is -2.26. The number of fused-ring (bicyclic) bond motifs is 1. The van der Waals surface area contributed by atoms with Gasteiger partial charge in [0.05, 0.1) is 19.0 Å². The molecule has 1 aliphatic heterocycles. The molecule has 0 aromatic heterocycles. The number of hydrogen-bond acceptors (Lipinski definition) is 3. The Balaban J connectivity index is 1.62. The molecule has 4 heteroatoms. The van der Waals surface area contributed by atoms with Gasteiger partial charge in [-0.1, -0.05) is 30.3 Å². The van der Waals surface area contributed by atoms with Crippen molar-refractivity contribution < 1.29 is 9.53 Å². The summed E-state index contributed by atoms with van der Waals surface area (Å²) in [7, 11) is 0. The molecule has 0 N–H and O–H groups in total. The van der Waals surface area contributed by atoms with Gasteiger partial charge in [0.25, 0.3) is 0 Å². The smallest absolute Gasteiger partial charge is 0.233 e. The molecule has 3 nitrogen and oxygen atoms in total. The minimum absolute atomic E-state index is 0.200. The highest BCUT2D eigenvalue weighted by atomic mass is 32.2. The molecule has 104 valence electrons. The Hall–Kier alpha value is -1.52. The molecule has 0 aliphatic carbocycles. The fourth-order valence-electron chi connectivity index (χ4n) is 2.31. The molecule has 1 saturated heterocycles. The summed E-state index contributed by atoms with van der Waals surface area (Å²) in [6.07, 6.45) is 0. The van der Waals surface area contributed by atoms with Crippen LogP contribution in [0.3, 0.4) is 0 Å². The minimum atomic E-state index is 0.200. The molecule has 0 bridgehead atoms. The first-order valence-electron chi connectivity index (χ1n) is 6.80. The fourth-order valence-corrected chi connectivity index (χ4v) is 3.15. The van der Waals surface area contributed by atoms with E-state index in [1.165, 1.54) is 10.8 Å². The van der Waals surface area contributed by atoms with E-state index in [0.29, 0.717) is 19.0 Å². The molecule has 1 heterocycles. The summed E-state index contributed by atoms with van der Waals surface area (Å²) in [6, 6.07) is 14.6. The largest absolute Gasteiger partial charge is 0.378 e. The van der Waals surface area contributed by atoms with Crippen LogP contribution in [0.4, 0.5) is 0 Å². The van der Waals surface area contributed by atoms with Crippen LogP contribution in [-0.2, 0) is 9.53 Å². The van der Waals surface area contributed by atoms with Crippen molar-refractivity contribution in [1.29, 1.82) is 0 Å². The van der Waals surface area contributed by atoms with Crippen LogP contribution in [0.2, 0.25) is 0 Å². The van der Waals surface area contributed by atoms with E-state index in [0.717, 1.165) is 18.0 Å². The summed E-state index contributed by atoms with van der Waals surface area (Å²) in [5.41, 5.74) is 0. The van der Waals surface area contributed by atoms with Gasteiger partial charge in [-0.15, -0.1) is 11.8 Å². The van der Waals surface area contributed by atoms with Gasteiger partial charge in [0.15, 0.2) is 0 Å². The zero-order chi connectivity index (χ0) is 13.8. The Kier molecular flexibility index (Phi) is 4.23. The third kappa shape index (κ3) is 3.14. The molecule has 0 unspecified atom stereocenters. The monoisotopic (exact) mass is 287 g/mol. The number of thioether (sulfide) groups is 1. The summed E-state index contributed by atoms with van der Waals surface area (Å²) in [4.78, 5) is 15.1. The second-order valence-electron chi connectivity index (χ2n) is 4.79. The number of rotatable bonds is 3. The lowest BCUT2D eigenvalue weighted by molar-refractivity contribution is -0.132. The van der Waals surface area contributed by atoms with Gasteiger partial charge in [0, 0.05) is 18.0 Å². The number of carbonyl (C=O) groups is 1. The van der Waals surface area contributed by atoms with E-state index >= 15 is 0 Å². The number of nitrogens with zero attached hydrogens (tertiary/aromatic N) is 1. The van der Waals surface area contributed by atoms with Crippen LogP contribution in [0.25, 0.3) is 10.8 Å². The number of morpholine rings is 1. The maximum Gasteiger partial charge on any atom is 0.233 e. The minimum Gasteiger partial charge on any atom is -0.378 e. The van der Waals surface area contributed by atoms with E-state index in [9.17, 15) is 4.79 Å². The molecule has 0 radical (unpaired) electrons. The highest BCUT2D eigenvalue weighted by molar-refractivity contribution is 8.00. The SMILES string of the molecule is O=C(CSc1ccc2ccccc2c1)N1CCOCC1. The van der Waals surface area contributed by atoms with Crippen LogP contribution >= 0.6 is 11.8 Å². The summed E-state index contributed by atoms with van der Waals surface area (Å²) in [5, 5.41) is 2.45. The number of amides is 1. The van der Waals surface area contributed by atoms with Crippen molar-refractivity contribution in [3.8, 4) is 0 Å². The molecule has 0 spiro atoms. The van der Waals surface area contributed by atoms with Crippen LogP contribution in [0.1, 0.15) is 0 Å². The first-order valence-corrected chi connectivity index (χ1v) is 7.78. The standard InChI is InChI=1S/C16H17NO2S/c18-16(17-7-9-19-10-8-17)12-20-15-6-5-13-3-1-2-4-14(13)11-15/h1-6,11H,7-10,12H2. The summed E-state index contributed by atoms with van der Waals surface area (Å²) in [5.74, 6) is 0.699. The highest BCUT2D eigenvalue weighted by Gasteiger charge is 2.16. The van der Waals surface area contributed by atoms with Crippen molar-refractivity contribution in [2.45, 2.75) is 4.90 Å². The van der Waals surface area contributed by atoms with Gasteiger partial charge >= 0.3 is 0 Å². The molecular formula is C16H17NO2S. The summed E-state index contributed by atoms with van der Waals surface area (Å²) < 4.78 is 5.26. The van der Waals surface area contributed by atoms with E-state index in [2.05, 4.69) is 30.3 Å². The van der Waals surface area contributed by atoms with E-state index in [1.54, 1.807) is 11.8 Å². The Labute approximate surface area is 122 Å². The summed E-state index contributed by atoms with van der Waals surface area (Å²) >= 11 is 1.60. The zero-order valence-electron chi connectivity index (χ0n) is 11.2. The van der Waals surface area contributed by atoms with Crippen molar-refractivity contribution >= 4 is 28.4 Å². The van der Waals surface area contributed by atoms with Gasteiger partial charge in [-0.2, -0.15) is 0 Å². The number of carbonyl (C=O) groups excluding carboxylic acids is 1. The van der Waals surface area contributed by atoms with Crippen LogP contribution < -0.4 is 0 Å². The van der Waals surface area contributed by atoms with Crippen LogP contribution in [-0.4, -0.2) is 42.9 Å². The predicted octanol–water partition coefficient (Wildman–Crippen LogP) is 2.79. The number of benzene rings is 2. The third-order valence-corrected chi connectivity index (χ3v) is 4.43. The van der Waals surface area contributed by atoms with Crippen molar-refractivity contribution in [2.24, 2.45) is 0 Å². The molecule has 1 fully saturated rings. The van der Waals surface area contributed by atoms with Crippen molar-refractivity contribution in [2.75, 3.05) is 32.1 Å². The molecule has 3 rings (SSSR count). The van der Waals surface area contributed by atoms with E-state index in [-0.39, 0.29) is 5.91 Å². The molecular weight excluding hydrogens is 270 g/mol. The molecule has 0 atom stereocenters. The topological polar surface area (TPSA) is 29.5 Å². The predicted molar refractivity (Wildman–Crippen MR) is 82.1 cm³/mol. The van der Waals surface area contributed by atoms with Crippen molar-refractivity contribution in [3.05, 3.63) is 42.5 Å². The maximum absolute atomic E-state index is 12.1. The first kappa shape index (κ1) is 13.5. The fraction of sp³-hybridized carbons (Fsp3) is 0.312. The van der Waals surface area contributed by atoms with Gasteiger partial charge in [-0.3, -0.25) is 4.79 Å². The Morgan fingerprint density at radius 1 is 1.10 bits per heavy atom. The average Bonchev–Trinajstić information content (AvgIpc) is 2.53. The third-order valence-electron chi connectivity index (χ3n) is 3.45. The lowest BCUT2D eigenvalue weighted by atomic mass is 10.1. The van der Waals surface area contributed by atoms with Gasteiger partial charge in [0.1, 0.15) is 0 Å². The average molecular weight is 287 g/mol. The quantitative estimate of drug-likeness (QED) is 0.813. The molecule has 0 saturated carbocycles. The zero-order valence-corrected chi connectivity index (χ0v) is 12.1. The maximum atomic E-state index is 12.1. The van der Waals surface area contributed by atoms with Crippen molar-refractivity contribution in [3.63, 3.8) is 0 Å². The number of ether oxygens (including phenoxy) is 1. The van der Waals surface area contributed by atoms with Crippen molar-refractivity contribution in [1.82, 2.24) is 4.90 Å². The van der Waals surface area contributed by atoms with Gasteiger partial charge in [-0.05, 0) is 22.9 Å². The Morgan fingerprint density at radius 2 is 1.85 bits per heavy atom. The lowest BCUT2D eigenvalue weighted by Crippen LogP contribution is -2.41. The van der Waals surface area contributed by atoms with E-state index in [1.807, 2.05) is 17.0 Å². The molecule has 1 aliphatic rings. The first-order chi connectivity index (χ1) is 9.83. The molecule has 1 amide bonds. The number of hydrogen-bond donors (Lipinski definition) is 0. The van der Waals surface area contributed by atoms with Crippen LogP contribution in [0, 0.1) is 0 Å². The van der Waals surface area contributed by atoms with Crippen LogP contribution in [0.15, 0.2) is 47.4 Å². The van der Waals surface area contributed by atoms with Gasteiger partial charge in [0.2, 0.25) is 5.91 Å². The van der Waals surface area contributed by atoms with Gasteiger partial charge < -0.3 is 9.64 Å². The second-order valence-corrected chi connectivity index (χ2v) is 5.84. The molecule has 2 aromatic rings. The molecule has 20 heavy (non-hydrogen) atoms. The van der Waals surface area contributed by atoms with E-state index in [4.69, 9.17) is 4.74 Å².